The van der Waals surface area contributed by atoms with Crippen LogP contribution in [0.25, 0.3) is 6.08 Å². The summed E-state index contributed by atoms with van der Waals surface area (Å²) in [5.74, 6) is 0.704. The molecule has 0 saturated carbocycles. The quantitative estimate of drug-likeness (QED) is 0.398. The standard InChI is InChI=1S/C31H42O4/c1-8-31(9-2,24-12-10-23(21(3)18-24)11-16-28(32)30(5,6)7)25-13-15-27(22(4)19-25)34-20-26-14-17-29(33)35-26/h10-13,15-16,18-19,26,28,32H,8-9,14,17,20H2,1-7H3/t26-,28?/m0/s1. The number of cyclic esters (lactones) is 1. The largest absolute Gasteiger partial charge is 0.489 e. The van der Waals surface area contributed by atoms with Crippen molar-refractivity contribution in [2.75, 3.05) is 6.61 Å². The van der Waals surface area contributed by atoms with E-state index in [0.29, 0.717) is 13.0 Å². The fraction of sp³-hybridized carbons (Fsp3) is 0.516. The first-order valence-electron chi connectivity index (χ1n) is 12.9. The third kappa shape index (κ3) is 6.16. The van der Waals surface area contributed by atoms with Gasteiger partial charge in [0.1, 0.15) is 18.5 Å². The number of aliphatic hydroxyl groups excluding tert-OH is 1. The van der Waals surface area contributed by atoms with Gasteiger partial charge in [-0.2, -0.15) is 0 Å². The summed E-state index contributed by atoms with van der Waals surface area (Å²) in [7, 11) is 0. The molecule has 1 aliphatic rings. The van der Waals surface area contributed by atoms with Crippen LogP contribution in [0.3, 0.4) is 0 Å². The molecule has 2 aromatic rings. The Morgan fingerprint density at radius 1 is 1.06 bits per heavy atom. The van der Waals surface area contributed by atoms with Crippen molar-refractivity contribution in [2.24, 2.45) is 5.41 Å². The van der Waals surface area contributed by atoms with Crippen molar-refractivity contribution >= 4 is 12.0 Å². The molecule has 0 aliphatic carbocycles. The van der Waals surface area contributed by atoms with Gasteiger partial charge >= 0.3 is 5.97 Å². The SMILES string of the molecule is CCC(CC)(c1ccc(C=CC(O)C(C)(C)C)c(C)c1)c1ccc(OC[C@@H]2CCC(=O)O2)c(C)c1. The number of carbonyl (C=O) groups is 1. The highest BCUT2D eigenvalue weighted by atomic mass is 16.6. The maximum atomic E-state index is 11.3. The van der Waals surface area contributed by atoms with Gasteiger partial charge in [0, 0.05) is 11.8 Å². The second kappa shape index (κ2) is 11.0. The van der Waals surface area contributed by atoms with Crippen LogP contribution in [0.15, 0.2) is 42.5 Å². The minimum atomic E-state index is -0.489. The average Bonchev–Trinajstić information content (AvgIpc) is 3.23. The van der Waals surface area contributed by atoms with Crippen molar-refractivity contribution in [3.05, 3.63) is 70.3 Å². The normalized spacial score (nSPS) is 17.6. The molecule has 0 aromatic heterocycles. The molecule has 2 atom stereocenters. The first-order valence-corrected chi connectivity index (χ1v) is 12.9. The number of carbonyl (C=O) groups excluding carboxylic acids is 1. The number of esters is 1. The number of aliphatic hydroxyl groups is 1. The summed E-state index contributed by atoms with van der Waals surface area (Å²) in [5.41, 5.74) is 5.73. The van der Waals surface area contributed by atoms with E-state index in [4.69, 9.17) is 9.47 Å². The van der Waals surface area contributed by atoms with E-state index in [0.717, 1.165) is 36.1 Å². The zero-order valence-electron chi connectivity index (χ0n) is 22.5. The number of benzene rings is 2. The van der Waals surface area contributed by atoms with Gasteiger partial charge in [0.25, 0.3) is 0 Å². The van der Waals surface area contributed by atoms with Crippen molar-refractivity contribution in [1.29, 1.82) is 0 Å². The molecule has 0 radical (unpaired) electrons. The van der Waals surface area contributed by atoms with Crippen LogP contribution in [0.1, 0.15) is 88.1 Å². The molecule has 0 spiro atoms. The number of rotatable bonds is 9. The van der Waals surface area contributed by atoms with Crippen molar-refractivity contribution in [2.45, 2.75) is 91.8 Å². The van der Waals surface area contributed by atoms with Crippen LogP contribution in [0.5, 0.6) is 5.75 Å². The molecule has 1 unspecified atom stereocenters. The Kier molecular flexibility index (Phi) is 8.48. The summed E-state index contributed by atoms with van der Waals surface area (Å²) in [5, 5.41) is 10.4. The van der Waals surface area contributed by atoms with Gasteiger partial charge in [-0.3, -0.25) is 4.79 Å². The van der Waals surface area contributed by atoms with Crippen molar-refractivity contribution in [3.63, 3.8) is 0 Å². The Labute approximate surface area is 211 Å². The van der Waals surface area contributed by atoms with Crippen LogP contribution >= 0.6 is 0 Å². The lowest BCUT2D eigenvalue weighted by atomic mass is 9.70. The predicted octanol–water partition coefficient (Wildman–Crippen LogP) is 6.91. The molecular weight excluding hydrogens is 436 g/mol. The minimum Gasteiger partial charge on any atom is -0.489 e. The molecule has 1 aliphatic heterocycles. The first-order chi connectivity index (χ1) is 16.5. The highest BCUT2D eigenvalue weighted by Crippen LogP contribution is 2.41. The van der Waals surface area contributed by atoms with Gasteiger partial charge in [-0.1, -0.05) is 77.1 Å². The van der Waals surface area contributed by atoms with E-state index >= 15 is 0 Å². The average molecular weight is 479 g/mol. The Hall–Kier alpha value is -2.59. The molecule has 1 heterocycles. The molecule has 35 heavy (non-hydrogen) atoms. The van der Waals surface area contributed by atoms with E-state index in [-0.39, 0.29) is 22.9 Å². The van der Waals surface area contributed by atoms with Crippen LogP contribution in [-0.2, 0) is 14.9 Å². The predicted molar refractivity (Wildman–Crippen MR) is 143 cm³/mol. The molecule has 2 aromatic carbocycles. The molecule has 0 bridgehead atoms. The lowest BCUT2D eigenvalue weighted by Crippen LogP contribution is -2.26. The summed E-state index contributed by atoms with van der Waals surface area (Å²) in [6.07, 6.45) is 6.47. The summed E-state index contributed by atoms with van der Waals surface area (Å²) in [4.78, 5) is 11.3. The van der Waals surface area contributed by atoms with Gasteiger partial charge in [-0.25, -0.2) is 0 Å². The van der Waals surface area contributed by atoms with Gasteiger partial charge in [-0.15, -0.1) is 0 Å². The molecular formula is C31H42O4. The van der Waals surface area contributed by atoms with E-state index in [1.165, 1.54) is 16.7 Å². The fourth-order valence-electron chi connectivity index (χ4n) is 4.87. The molecule has 4 nitrogen and oxygen atoms in total. The highest BCUT2D eigenvalue weighted by Gasteiger charge is 2.31. The zero-order chi connectivity index (χ0) is 25.8. The Morgan fingerprint density at radius 2 is 1.69 bits per heavy atom. The molecule has 1 N–H and O–H groups in total. The maximum absolute atomic E-state index is 11.3. The van der Waals surface area contributed by atoms with E-state index in [9.17, 15) is 9.90 Å². The minimum absolute atomic E-state index is 0.0950. The van der Waals surface area contributed by atoms with Gasteiger partial charge in [0.15, 0.2) is 0 Å². The maximum Gasteiger partial charge on any atom is 0.306 e. The zero-order valence-corrected chi connectivity index (χ0v) is 22.5. The van der Waals surface area contributed by atoms with Crippen LogP contribution < -0.4 is 4.74 Å². The van der Waals surface area contributed by atoms with Crippen molar-refractivity contribution < 1.29 is 19.4 Å². The Morgan fingerprint density at radius 3 is 2.20 bits per heavy atom. The van der Waals surface area contributed by atoms with E-state index in [1.54, 1.807) is 0 Å². The molecule has 4 heteroatoms. The molecule has 1 fully saturated rings. The number of hydrogen-bond acceptors (Lipinski definition) is 4. The van der Waals surface area contributed by atoms with E-state index in [1.807, 2.05) is 32.9 Å². The van der Waals surface area contributed by atoms with Gasteiger partial charge in [-0.05, 0) is 72.4 Å². The Bertz CT molecular complexity index is 1060. The van der Waals surface area contributed by atoms with Gasteiger partial charge in [0.05, 0.1) is 6.10 Å². The van der Waals surface area contributed by atoms with Crippen LogP contribution in [0.4, 0.5) is 0 Å². The third-order valence-electron chi connectivity index (χ3n) is 7.50. The smallest absolute Gasteiger partial charge is 0.306 e. The Balaban J connectivity index is 1.84. The molecule has 0 amide bonds. The number of ether oxygens (including phenoxy) is 2. The van der Waals surface area contributed by atoms with Gasteiger partial charge in [0.2, 0.25) is 0 Å². The molecule has 1 saturated heterocycles. The summed E-state index contributed by atoms with van der Waals surface area (Å²) >= 11 is 0. The third-order valence-corrected chi connectivity index (χ3v) is 7.50. The van der Waals surface area contributed by atoms with Crippen LogP contribution in [0, 0.1) is 19.3 Å². The summed E-state index contributed by atoms with van der Waals surface area (Å²) in [6, 6.07) is 13.2. The fourth-order valence-corrected chi connectivity index (χ4v) is 4.87. The first kappa shape index (κ1) is 27.0. The lowest BCUT2D eigenvalue weighted by molar-refractivity contribution is -0.142. The van der Waals surface area contributed by atoms with Crippen LogP contribution in [-0.4, -0.2) is 29.9 Å². The topological polar surface area (TPSA) is 55.8 Å². The second-order valence-corrected chi connectivity index (χ2v) is 11.0. The highest BCUT2D eigenvalue weighted by molar-refractivity contribution is 5.71. The summed E-state index contributed by atoms with van der Waals surface area (Å²) in [6.45, 7) is 15.2. The monoisotopic (exact) mass is 478 g/mol. The van der Waals surface area contributed by atoms with Crippen molar-refractivity contribution in [1.82, 2.24) is 0 Å². The van der Waals surface area contributed by atoms with E-state index in [2.05, 4.69) is 64.1 Å². The van der Waals surface area contributed by atoms with Crippen LogP contribution in [0.2, 0.25) is 0 Å². The lowest BCUT2D eigenvalue weighted by Gasteiger charge is -2.34. The number of hydrogen-bond donors (Lipinski definition) is 1. The molecule has 190 valence electrons. The summed E-state index contributed by atoms with van der Waals surface area (Å²) < 4.78 is 11.3. The van der Waals surface area contributed by atoms with E-state index < -0.39 is 6.10 Å². The molecule has 3 rings (SSSR count). The van der Waals surface area contributed by atoms with Crippen molar-refractivity contribution in [3.8, 4) is 5.75 Å². The number of aryl methyl sites for hydroxylation is 2. The van der Waals surface area contributed by atoms with Gasteiger partial charge < -0.3 is 14.6 Å². The second-order valence-electron chi connectivity index (χ2n) is 11.0.